The molecule has 14 heavy (non-hydrogen) atoms. The molecule has 4 heteroatoms. The molecule has 1 aromatic carbocycles. The Hall–Kier alpha value is -0.600. The molecule has 1 N–H and O–H groups in total. The van der Waals surface area contributed by atoms with Crippen LogP contribution < -0.4 is 4.74 Å². The lowest BCUT2D eigenvalue weighted by Gasteiger charge is -2.16. The molecule has 1 aromatic rings. The Kier molecular flexibility index (Phi) is 3.51. The molecule has 0 atom stereocenters. The monoisotopic (exact) mass is 234 g/mol. The number of phenols is 1. The van der Waals surface area contributed by atoms with Crippen molar-refractivity contribution in [2.24, 2.45) is 0 Å². The maximum Gasteiger partial charge on any atom is 0.134 e. The summed E-state index contributed by atoms with van der Waals surface area (Å²) < 4.78 is 5.38. The van der Waals surface area contributed by atoms with Crippen molar-refractivity contribution in [1.82, 2.24) is 0 Å². The highest BCUT2D eigenvalue weighted by molar-refractivity contribution is 6.32. The molecule has 0 aromatic heterocycles. The zero-order valence-corrected chi connectivity index (χ0v) is 9.56. The third kappa shape index (κ3) is 3.64. The standard InChI is InChI=1S/C10H12Cl2O2/c1-10(2,12)6-14-7-3-4-9(13)8(11)5-7/h3-5,13H,6H2,1-2H3. The number of benzene rings is 1. The van der Waals surface area contributed by atoms with E-state index in [0.717, 1.165) is 0 Å². The third-order valence-corrected chi connectivity index (χ3v) is 1.91. The highest BCUT2D eigenvalue weighted by Gasteiger charge is 2.14. The zero-order valence-electron chi connectivity index (χ0n) is 8.05. The minimum Gasteiger partial charge on any atom is -0.506 e. The van der Waals surface area contributed by atoms with Crippen LogP contribution in [0.15, 0.2) is 18.2 Å². The van der Waals surface area contributed by atoms with Crippen LogP contribution in [0.25, 0.3) is 0 Å². The van der Waals surface area contributed by atoms with E-state index in [1.807, 2.05) is 13.8 Å². The summed E-state index contributed by atoms with van der Waals surface area (Å²) >= 11 is 11.6. The van der Waals surface area contributed by atoms with Crippen LogP contribution >= 0.6 is 23.2 Å². The molecule has 0 saturated heterocycles. The van der Waals surface area contributed by atoms with Gasteiger partial charge in [0.2, 0.25) is 0 Å². The molecule has 0 aliphatic rings. The van der Waals surface area contributed by atoms with Gasteiger partial charge in [0.15, 0.2) is 0 Å². The van der Waals surface area contributed by atoms with Crippen molar-refractivity contribution >= 4 is 23.2 Å². The molecule has 0 heterocycles. The summed E-state index contributed by atoms with van der Waals surface area (Å²) in [7, 11) is 0. The van der Waals surface area contributed by atoms with Gasteiger partial charge >= 0.3 is 0 Å². The topological polar surface area (TPSA) is 29.5 Å². The van der Waals surface area contributed by atoms with Gasteiger partial charge in [-0.3, -0.25) is 0 Å². The Labute approximate surface area is 93.4 Å². The lowest BCUT2D eigenvalue weighted by molar-refractivity contribution is 0.284. The maximum atomic E-state index is 9.16. The molecule has 0 fully saturated rings. The van der Waals surface area contributed by atoms with Gasteiger partial charge in [-0.2, -0.15) is 0 Å². The highest BCUT2D eigenvalue weighted by Crippen LogP contribution is 2.28. The summed E-state index contributed by atoms with van der Waals surface area (Å²) in [5.74, 6) is 0.644. The fourth-order valence-electron chi connectivity index (χ4n) is 0.832. The summed E-state index contributed by atoms with van der Waals surface area (Å²) in [5.41, 5.74) is 0. The van der Waals surface area contributed by atoms with Gasteiger partial charge in [0.25, 0.3) is 0 Å². The van der Waals surface area contributed by atoms with Crippen LogP contribution in [-0.4, -0.2) is 16.6 Å². The molecule has 0 unspecified atom stereocenters. The smallest absolute Gasteiger partial charge is 0.134 e. The fraction of sp³-hybridized carbons (Fsp3) is 0.400. The predicted octanol–water partition coefficient (Wildman–Crippen LogP) is 3.44. The number of halogens is 2. The number of phenolic OH excluding ortho intramolecular Hbond substituents is 1. The number of aromatic hydroxyl groups is 1. The van der Waals surface area contributed by atoms with Crippen molar-refractivity contribution in [1.29, 1.82) is 0 Å². The third-order valence-electron chi connectivity index (χ3n) is 1.50. The van der Waals surface area contributed by atoms with Gasteiger partial charge in [-0.15, -0.1) is 11.6 Å². The van der Waals surface area contributed by atoms with Gasteiger partial charge in [-0.25, -0.2) is 0 Å². The maximum absolute atomic E-state index is 9.16. The second-order valence-corrected chi connectivity index (χ2v) is 5.05. The van der Waals surface area contributed by atoms with E-state index in [1.165, 1.54) is 6.07 Å². The first-order chi connectivity index (χ1) is 6.38. The second kappa shape index (κ2) is 4.28. The van der Waals surface area contributed by atoms with Gasteiger partial charge in [0.05, 0.1) is 9.90 Å². The number of rotatable bonds is 3. The first-order valence-electron chi connectivity index (χ1n) is 4.19. The molecule has 0 spiro atoms. The minimum atomic E-state index is -0.412. The molecule has 0 aliphatic heterocycles. The number of alkyl halides is 1. The Morgan fingerprint density at radius 3 is 2.57 bits per heavy atom. The molecule has 0 saturated carbocycles. The molecular formula is C10H12Cl2O2. The summed E-state index contributed by atoms with van der Waals surface area (Å²) in [6.45, 7) is 4.10. The van der Waals surface area contributed by atoms with Crippen LogP contribution in [0.5, 0.6) is 11.5 Å². The van der Waals surface area contributed by atoms with Gasteiger partial charge in [-0.05, 0) is 26.0 Å². The molecule has 0 aliphatic carbocycles. The van der Waals surface area contributed by atoms with Gasteiger partial charge in [-0.1, -0.05) is 11.6 Å². The quantitative estimate of drug-likeness (QED) is 0.813. The second-order valence-electron chi connectivity index (χ2n) is 3.62. The first kappa shape index (κ1) is 11.5. The Balaban J connectivity index is 2.65. The SMILES string of the molecule is CC(C)(Cl)COc1ccc(O)c(Cl)c1. The summed E-state index contributed by atoms with van der Waals surface area (Å²) in [5, 5.41) is 9.43. The van der Waals surface area contributed by atoms with Crippen LogP contribution in [0.1, 0.15) is 13.8 Å². The molecule has 0 amide bonds. The summed E-state index contributed by atoms with van der Waals surface area (Å²) in [6.07, 6.45) is 0. The first-order valence-corrected chi connectivity index (χ1v) is 4.94. The van der Waals surface area contributed by atoms with Gasteiger partial charge in [0, 0.05) is 6.07 Å². The predicted molar refractivity (Wildman–Crippen MR) is 58.5 cm³/mol. The van der Waals surface area contributed by atoms with E-state index in [-0.39, 0.29) is 10.8 Å². The van der Waals surface area contributed by atoms with Crippen LogP contribution in [0, 0.1) is 0 Å². The molecule has 2 nitrogen and oxygen atoms in total. The van der Waals surface area contributed by atoms with E-state index in [2.05, 4.69) is 0 Å². The lowest BCUT2D eigenvalue weighted by Crippen LogP contribution is -2.21. The number of ether oxygens (including phenoxy) is 1. The molecule has 0 radical (unpaired) electrons. The molecule has 78 valence electrons. The highest BCUT2D eigenvalue weighted by atomic mass is 35.5. The normalized spacial score (nSPS) is 11.4. The van der Waals surface area contributed by atoms with E-state index in [4.69, 9.17) is 33.0 Å². The largest absolute Gasteiger partial charge is 0.506 e. The lowest BCUT2D eigenvalue weighted by atomic mass is 10.2. The Morgan fingerprint density at radius 2 is 2.07 bits per heavy atom. The number of hydrogen-bond donors (Lipinski definition) is 1. The van der Waals surface area contributed by atoms with Gasteiger partial charge in [0.1, 0.15) is 18.1 Å². The van der Waals surface area contributed by atoms with E-state index < -0.39 is 4.87 Å². The van der Waals surface area contributed by atoms with Crippen LogP contribution in [0.2, 0.25) is 5.02 Å². The summed E-state index contributed by atoms with van der Waals surface area (Å²) in [4.78, 5) is -0.412. The van der Waals surface area contributed by atoms with Gasteiger partial charge < -0.3 is 9.84 Å². The van der Waals surface area contributed by atoms with E-state index >= 15 is 0 Å². The summed E-state index contributed by atoms with van der Waals surface area (Å²) in [6, 6.07) is 4.68. The number of hydrogen-bond acceptors (Lipinski definition) is 2. The van der Waals surface area contributed by atoms with Crippen molar-refractivity contribution in [3.05, 3.63) is 23.2 Å². The average molecular weight is 235 g/mol. The van der Waals surface area contributed by atoms with Crippen molar-refractivity contribution < 1.29 is 9.84 Å². The van der Waals surface area contributed by atoms with Crippen LogP contribution in [0.3, 0.4) is 0 Å². The van der Waals surface area contributed by atoms with Crippen molar-refractivity contribution in [3.8, 4) is 11.5 Å². The fourth-order valence-corrected chi connectivity index (χ4v) is 1.06. The molecule has 1 rings (SSSR count). The van der Waals surface area contributed by atoms with Crippen molar-refractivity contribution in [2.45, 2.75) is 18.7 Å². The minimum absolute atomic E-state index is 0.0455. The van der Waals surface area contributed by atoms with Crippen LogP contribution in [0.4, 0.5) is 0 Å². The molecule has 0 bridgehead atoms. The molecular weight excluding hydrogens is 223 g/mol. The Morgan fingerprint density at radius 1 is 1.43 bits per heavy atom. The van der Waals surface area contributed by atoms with E-state index in [0.29, 0.717) is 12.4 Å². The van der Waals surface area contributed by atoms with E-state index in [9.17, 15) is 0 Å². The van der Waals surface area contributed by atoms with Crippen molar-refractivity contribution in [3.63, 3.8) is 0 Å². The Bertz CT molecular complexity index is 318. The van der Waals surface area contributed by atoms with Crippen molar-refractivity contribution in [2.75, 3.05) is 6.61 Å². The zero-order chi connectivity index (χ0) is 10.8. The average Bonchev–Trinajstić information content (AvgIpc) is 2.06. The van der Waals surface area contributed by atoms with Crippen LogP contribution in [-0.2, 0) is 0 Å². The van der Waals surface area contributed by atoms with E-state index in [1.54, 1.807) is 12.1 Å².